The van der Waals surface area contributed by atoms with Gasteiger partial charge in [0.05, 0.1) is 18.3 Å². The summed E-state index contributed by atoms with van der Waals surface area (Å²) in [6, 6.07) is 4.20. The molecule has 1 aliphatic rings. The van der Waals surface area contributed by atoms with Gasteiger partial charge in [-0.1, -0.05) is 13.8 Å². The van der Waals surface area contributed by atoms with Crippen LogP contribution in [-0.2, 0) is 10.9 Å². The third-order valence-electron chi connectivity index (χ3n) is 3.81. The van der Waals surface area contributed by atoms with Crippen molar-refractivity contribution in [2.75, 3.05) is 32.8 Å². The molecule has 0 saturated carbocycles. The molecule has 0 radical (unpaired) electrons. The summed E-state index contributed by atoms with van der Waals surface area (Å²) in [5.74, 6) is 0.166. The van der Waals surface area contributed by atoms with Gasteiger partial charge in [0.2, 0.25) is 0 Å². The summed E-state index contributed by atoms with van der Waals surface area (Å²) < 4.78 is 43.2. The summed E-state index contributed by atoms with van der Waals surface area (Å²) in [6.45, 7) is 7.86. The Hall–Kier alpha value is -1.60. The van der Waals surface area contributed by atoms with Crippen molar-refractivity contribution >= 4 is 5.91 Å². The number of morpholine rings is 1. The zero-order valence-corrected chi connectivity index (χ0v) is 13.9. The number of carbonyl (C=O) groups is 1. The number of ether oxygens (including phenoxy) is 1. The first kappa shape index (κ1) is 18.7. The van der Waals surface area contributed by atoms with E-state index in [-0.39, 0.29) is 11.7 Å². The Bertz CT molecular complexity index is 544. The van der Waals surface area contributed by atoms with Crippen LogP contribution in [0.25, 0.3) is 0 Å². The first-order valence-electron chi connectivity index (χ1n) is 8.05. The molecule has 0 spiro atoms. The lowest BCUT2D eigenvalue weighted by molar-refractivity contribution is -0.137. The molecule has 1 aliphatic heterocycles. The third kappa shape index (κ3) is 5.49. The van der Waals surface area contributed by atoms with E-state index in [0.717, 1.165) is 31.8 Å². The minimum absolute atomic E-state index is 0.101. The number of hydrogen-bond acceptors (Lipinski definition) is 3. The average molecular weight is 344 g/mol. The van der Waals surface area contributed by atoms with Gasteiger partial charge < -0.3 is 10.1 Å². The highest BCUT2D eigenvalue weighted by Crippen LogP contribution is 2.29. The minimum Gasteiger partial charge on any atom is -0.374 e. The number of carbonyl (C=O) groups excluding carboxylic acids is 1. The summed E-state index contributed by atoms with van der Waals surface area (Å²) in [4.78, 5) is 14.3. The SMILES string of the molecule is CC(C)CN1CCO[C@@H](CNC(=O)c2ccc(C(F)(F)F)cc2)C1. The van der Waals surface area contributed by atoms with Gasteiger partial charge in [0.25, 0.3) is 5.91 Å². The Labute approximate surface area is 140 Å². The molecule has 1 heterocycles. The van der Waals surface area contributed by atoms with Gasteiger partial charge in [-0.3, -0.25) is 9.69 Å². The van der Waals surface area contributed by atoms with E-state index in [0.29, 0.717) is 19.1 Å². The van der Waals surface area contributed by atoms with Crippen molar-refractivity contribution in [3.63, 3.8) is 0 Å². The van der Waals surface area contributed by atoms with E-state index in [4.69, 9.17) is 4.74 Å². The second kappa shape index (κ2) is 7.98. The number of halogens is 3. The number of amides is 1. The van der Waals surface area contributed by atoms with Gasteiger partial charge >= 0.3 is 6.18 Å². The van der Waals surface area contributed by atoms with Crippen LogP contribution in [0, 0.1) is 5.92 Å². The van der Waals surface area contributed by atoms with E-state index in [9.17, 15) is 18.0 Å². The van der Waals surface area contributed by atoms with Crippen LogP contribution in [0.3, 0.4) is 0 Å². The Morgan fingerprint density at radius 1 is 1.33 bits per heavy atom. The molecule has 0 bridgehead atoms. The highest BCUT2D eigenvalue weighted by atomic mass is 19.4. The normalized spacial score (nSPS) is 19.5. The van der Waals surface area contributed by atoms with Gasteiger partial charge in [-0.25, -0.2) is 0 Å². The number of alkyl halides is 3. The smallest absolute Gasteiger partial charge is 0.374 e. The predicted octanol–water partition coefficient (Wildman–Crippen LogP) is 2.79. The molecule has 1 saturated heterocycles. The number of nitrogens with zero attached hydrogens (tertiary/aromatic N) is 1. The number of hydrogen-bond donors (Lipinski definition) is 1. The van der Waals surface area contributed by atoms with E-state index in [2.05, 4.69) is 24.1 Å². The number of benzene rings is 1. The maximum atomic E-state index is 12.5. The van der Waals surface area contributed by atoms with Crippen molar-refractivity contribution in [1.82, 2.24) is 10.2 Å². The van der Waals surface area contributed by atoms with Crippen molar-refractivity contribution in [2.45, 2.75) is 26.1 Å². The van der Waals surface area contributed by atoms with Gasteiger partial charge in [0, 0.05) is 31.7 Å². The number of nitrogens with one attached hydrogen (secondary N) is 1. The van der Waals surface area contributed by atoms with Crippen molar-refractivity contribution in [2.24, 2.45) is 5.92 Å². The van der Waals surface area contributed by atoms with Crippen LogP contribution in [0.15, 0.2) is 24.3 Å². The quantitative estimate of drug-likeness (QED) is 0.893. The molecule has 24 heavy (non-hydrogen) atoms. The molecular formula is C17H23F3N2O2. The van der Waals surface area contributed by atoms with Gasteiger partial charge in [-0.05, 0) is 30.2 Å². The summed E-state index contributed by atoms with van der Waals surface area (Å²) in [6.07, 6.45) is -4.50. The Balaban J connectivity index is 1.84. The van der Waals surface area contributed by atoms with Crippen LogP contribution in [0.4, 0.5) is 13.2 Å². The topological polar surface area (TPSA) is 41.6 Å². The molecule has 134 valence electrons. The zero-order valence-electron chi connectivity index (χ0n) is 13.9. The maximum Gasteiger partial charge on any atom is 0.416 e. The van der Waals surface area contributed by atoms with E-state index >= 15 is 0 Å². The van der Waals surface area contributed by atoms with E-state index in [1.54, 1.807) is 0 Å². The molecule has 0 unspecified atom stereocenters. The molecule has 0 aromatic heterocycles. The van der Waals surface area contributed by atoms with E-state index in [1.807, 2.05) is 0 Å². The molecule has 1 N–H and O–H groups in total. The van der Waals surface area contributed by atoms with Crippen LogP contribution in [0.5, 0.6) is 0 Å². The molecule has 7 heteroatoms. The fourth-order valence-electron chi connectivity index (χ4n) is 2.71. The zero-order chi connectivity index (χ0) is 17.7. The standard InChI is InChI=1S/C17H23F3N2O2/c1-12(2)10-22-7-8-24-15(11-22)9-21-16(23)13-3-5-14(6-4-13)17(18,19)20/h3-6,12,15H,7-11H2,1-2H3,(H,21,23)/t15-/m0/s1. The fourth-order valence-corrected chi connectivity index (χ4v) is 2.71. The monoisotopic (exact) mass is 344 g/mol. The van der Waals surface area contributed by atoms with Crippen molar-refractivity contribution in [3.05, 3.63) is 35.4 Å². The van der Waals surface area contributed by atoms with Crippen LogP contribution in [-0.4, -0.2) is 49.7 Å². The van der Waals surface area contributed by atoms with Gasteiger partial charge in [0.1, 0.15) is 0 Å². The molecular weight excluding hydrogens is 321 g/mol. The van der Waals surface area contributed by atoms with E-state index < -0.39 is 17.6 Å². The van der Waals surface area contributed by atoms with Crippen molar-refractivity contribution < 1.29 is 22.7 Å². The van der Waals surface area contributed by atoms with Crippen LogP contribution >= 0.6 is 0 Å². The molecule has 1 aromatic rings. The van der Waals surface area contributed by atoms with Gasteiger partial charge in [-0.15, -0.1) is 0 Å². The fraction of sp³-hybridized carbons (Fsp3) is 0.588. The minimum atomic E-state index is -4.40. The largest absolute Gasteiger partial charge is 0.416 e. The van der Waals surface area contributed by atoms with Crippen molar-refractivity contribution in [1.29, 1.82) is 0 Å². The molecule has 1 aromatic carbocycles. The Morgan fingerprint density at radius 2 is 2.00 bits per heavy atom. The van der Waals surface area contributed by atoms with Crippen LogP contribution < -0.4 is 5.32 Å². The second-order valence-corrected chi connectivity index (χ2v) is 6.43. The molecule has 0 aliphatic carbocycles. The second-order valence-electron chi connectivity index (χ2n) is 6.43. The summed E-state index contributed by atoms with van der Waals surface area (Å²) >= 11 is 0. The molecule has 4 nitrogen and oxygen atoms in total. The Morgan fingerprint density at radius 3 is 2.58 bits per heavy atom. The van der Waals surface area contributed by atoms with E-state index in [1.165, 1.54) is 12.1 Å². The first-order chi connectivity index (χ1) is 11.3. The summed E-state index contributed by atoms with van der Waals surface area (Å²) in [7, 11) is 0. The maximum absolute atomic E-state index is 12.5. The summed E-state index contributed by atoms with van der Waals surface area (Å²) in [5, 5.41) is 2.73. The third-order valence-corrected chi connectivity index (χ3v) is 3.81. The average Bonchev–Trinajstić information content (AvgIpc) is 2.51. The molecule has 1 amide bonds. The first-order valence-corrected chi connectivity index (χ1v) is 8.05. The van der Waals surface area contributed by atoms with Crippen molar-refractivity contribution in [3.8, 4) is 0 Å². The highest BCUT2D eigenvalue weighted by Gasteiger charge is 2.30. The predicted molar refractivity (Wildman–Crippen MR) is 84.8 cm³/mol. The van der Waals surface area contributed by atoms with Crippen LogP contribution in [0.1, 0.15) is 29.8 Å². The molecule has 2 rings (SSSR count). The lowest BCUT2D eigenvalue weighted by atomic mass is 10.1. The lowest BCUT2D eigenvalue weighted by Gasteiger charge is -2.33. The Kier molecular flexibility index (Phi) is 6.23. The molecule has 1 fully saturated rings. The number of rotatable bonds is 5. The highest BCUT2D eigenvalue weighted by molar-refractivity contribution is 5.94. The molecule has 1 atom stereocenters. The van der Waals surface area contributed by atoms with Crippen LogP contribution in [0.2, 0.25) is 0 Å². The van der Waals surface area contributed by atoms with Gasteiger partial charge in [0.15, 0.2) is 0 Å². The van der Waals surface area contributed by atoms with Gasteiger partial charge in [-0.2, -0.15) is 13.2 Å². The summed E-state index contributed by atoms with van der Waals surface area (Å²) in [5.41, 5.74) is -0.558. The lowest BCUT2D eigenvalue weighted by Crippen LogP contribution is -2.48.